The van der Waals surface area contributed by atoms with Crippen molar-refractivity contribution in [2.75, 3.05) is 19.6 Å². The van der Waals surface area contributed by atoms with Crippen molar-refractivity contribution in [1.82, 2.24) is 16.0 Å². The van der Waals surface area contributed by atoms with Crippen molar-refractivity contribution in [1.29, 1.82) is 0 Å². The monoisotopic (exact) mass is 423 g/mol. The highest BCUT2D eigenvalue weighted by Crippen LogP contribution is 2.16. The summed E-state index contributed by atoms with van der Waals surface area (Å²) in [6, 6.07) is -0.315. The molecule has 0 radical (unpaired) electrons. The van der Waals surface area contributed by atoms with Crippen LogP contribution in [-0.4, -0.2) is 37.5 Å². The molecular weight excluding hydrogens is 374 g/mol. The van der Waals surface area contributed by atoms with Gasteiger partial charge in [-0.1, -0.05) is 90.9 Å². The third kappa shape index (κ3) is 14.8. The zero-order valence-electron chi connectivity index (χ0n) is 19.9. The van der Waals surface area contributed by atoms with Gasteiger partial charge >= 0.3 is 0 Å². The van der Waals surface area contributed by atoms with E-state index < -0.39 is 0 Å². The maximum atomic E-state index is 11.8. The molecule has 2 amide bonds. The first-order valence-corrected chi connectivity index (χ1v) is 12.9. The van der Waals surface area contributed by atoms with E-state index in [9.17, 15) is 9.59 Å². The van der Waals surface area contributed by atoms with Gasteiger partial charge in [0.2, 0.25) is 11.8 Å². The van der Waals surface area contributed by atoms with Crippen LogP contribution in [0.5, 0.6) is 0 Å². The lowest BCUT2D eigenvalue weighted by Crippen LogP contribution is -2.42. The molecule has 1 fully saturated rings. The second-order valence-corrected chi connectivity index (χ2v) is 9.27. The van der Waals surface area contributed by atoms with Gasteiger partial charge in [-0.3, -0.25) is 9.59 Å². The second-order valence-electron chi connectivity index (χ2n) is 9.27. The summed E-state index contributed by atoms with van der Waals surface area (Å²) in [4.78, 5) is 23.0. The van der Waals surface area contributed by atoms with Gasteiger partial charge < -0.3 is 16.0 Å². The van der Waals surface area contributed by atoms with Crippen LogP contribution in [0.25, 0.3) is 0 Å². The minimum atomic E-state index is -0.315. The molecule has 2 atom stereocenters. The third-order valence-electron chi connectivity index (χ3n) is 6.22. The first kappa shape index (κ1) is 26.9. The van der Waals surface area contributed by atoms with Gasteiger partial charge in [-0.2, -0.15) is 0 Å². The van der Waals surface area contributed by atoms with Crippen molar-refractivity contribution >= 4 is 11.8 Å². The average molecular weight is 424 g/mol. The van der Waals surface area contributed by atoms with Gasteiger partial charge in [0.1, 0.15) is 6.04 Å². The van der Waals surface area contributed by atoms with Crippen LogP contribution in [0.1, 0.15) is 117 Å². The maximum Gasteiger partial charge on any atom is 0.242 e. The first-order chi connectivity index (χ1) is 14.6. The van der Waals surface area contributed by atoms with Crippen LogP contribution < -0.4 is 16.0 Å². The Hall–Kier alpha value is -1.10. The molecule has 0 bridgehead atoms. The van der Waals surface area contributed by atoms with E-state index in [4.69, 9.17) is 0 Å². The van der Waals surface area contributed by atoms with E-state index in [1.807, 2.05) is 0 Å². The molecule has 0 aliphatic carbocycles. The fraction of sp³-hybridized carbons (Fsp3) is 0.920. The Bertz CT molecular complexity index is 442. The molecule has 5 nitrogen and oxygen atoms in total. The molecule has 1 saturated heterocycles. The van der Waals surface area contributed by atoms with Gasteiger partial charge in [0, 0.05) is 13.0 Å². The smallest absolute Gasteiger partial charge is 0.242 e. The van der Waals surface area contributed by atoms with E-state index in [2.05, 4.69) is 29.8 Å². The molecule has 0 aromatic rings. The molecule has 176 valence electrons. The largest absolute Gasteiger partial charge is 0.354 e. The molecule has 2 unspecified atom stereocenters. The Morgan fingerprint density at radius 2 is 1.50 bits per heavy atom. The molecule has 1 heterocycles. The van der Waals surface area contributed by atoms with Crippen molar-refractivity contribution in [2.24, 2.45) is 5.92 Å². The van der Waals surface area contributed by atoms with Gasteiger partial charge in [-0.05, 0) is 38.3 Å². The fourth-order valence-electron chi connectivity index (χ4n) is 4.28. The number of unbranched alkanes of at least 4 members (excludes halogenated alkanes) is 9. The van der Waals surface area contributed by atoms with E-state index >= 15 is 0 Å². The predicted molar refractivity (Wildman–Crippen MR) is 127 cm³/mol. The number of rotatable bonds is 20. The minimum absolute atomic E-state index is 0.0142. The molecular formula is C25H49N3O2. The summed E-state index contributed by atoms with van der Waals surface area (Å²) in [5.41, 5.74) is 0. The molecule has 0 aromatic heterocycles. The SMILES string of the molecule is CCCC(C)CCCCCCCCCCCCNCCCNC(=O)C1CCC(=O)N1. The number of carbonyl (C=O) groups excluding carboxylic acids is 2. The van der Waals surface area contributed by atoms with Crippen LogP contribution in [-0.2, 0) is 9.59 Å². The van der Waals surface area contributed by atoms with Gasteiger partial charge in [0.05, 0.1) is 0 Å². The fourth-order valence-corrected chi connectivity index (χ4v) is 4.28. The Balaban J connectivity index is 1.72. The standard InChI is InChI=1S/C25H49N3O2/c1-3-15-22(2)16-12-10-8-6-4-5-7-9-11-13-19-26-20-14-21-27-25(30)23-17-18-24(29)28-23/h22-23,26H,3-21H2,1-2H3,(H,27,30)(H,28,29). The van der Waals surface area contributed by atoms with Crippen LogP contribution in [0, 0.1) is 5.92 Å². The predicted octanol–water partition coefficient (Wildman–Crippen LogP) is 5.09. The van der Waals surface area contributed by atoms with E-state index in [-0.39, 0.29) is 17.9 Å². The van der Waals surface area contributed by atoms with Crippen LogP contribution in [0.4, 0.5) is 0 Å². The Morgan fingerprint density at radius 1 is 0.900 bits per heavy atom. The van der Waals surface area contributed by atoms with E-state index in [1.54, 1.807) is 0 Å². The van der Waals surface area contributed by atoms with Crippen LogP contribution in [0.3, 0.4) is 0 Å². The molecule has 3 N–H and O–H groups in total. The highest BCUT2D eigenvalue weighted by Gasteiger charge is 2.26. The van der Waals surface area contributed by atoms with Crippen molar-refractivity contribution in [2.45, 2.75) is 123 Å². The molecule has 1 rings (SSSR count). The highest BCUT2D eigenvalue weighted by atomic mass is 16.2. The molecule has 0 aromatic carbocycles. The summed E-state index contributed by atoms with van der Waals surface area (Å²) in [5.74, 6) is 0.875. The summed E-state index contributed by atoms with van der Waals surface area (Å²) in [7, 11) is 0. The number of carbonyl (C=O) groups is 2. The normalized spacial score (nSPS) is 17.1. The zero-order chi connectivity index (χ0) is 21.9. The summed E-state index contributed by atoms with van der Waals surface area (Å²) >= 11 is 0. The van der Waals surface area contributed by atoms with E-state index in [0.717, 1.165) is 25.4 Å². The molecule has 0 saturated carbocycles. The van der Waals surface area contributed by atoms with E-state index in [0.29, 0.717) is 19.4 Å². The molecule has 1 aliphatic heterocycles. The average Bonchev–Trinajstić information content (AvgIpc) is 3.16. The Kier molecular flexibility index (Phi) is 16.7. The van der Waals surface area contributed by atoms with Crippen molar-refractivity contribution in [3.8, 4) is 0 Å². The number of nitrogens with one attached hydrogen (secondary N) is 3. The maximum absolute atomic E-state index is 11.8. The summed E-state index contributed by atoms with van der Waals surface area (Å²) in [6.07, 6.45) is 20.0. The Morgan fingerprint density at radius 3 is 2.10 bits per heavy atom. The lowest BCUT2D eigenvalue weighted by atomic mass is 9.98. The minimum Gasteiger partial charge on any atom is -0.354 e. The molecule has 0 spiro atoms. The van der Waals surface area contributed by atoms with Crippen molar-refractivity contribution in [3.05, 3.63) is 0 Å². The van der Waals surface area contributed by atoms with Crippen LogP contribution >= 0.6 is 0 Å². The first-order valence-electron chi connectivity index (χ1n) is 12.9. The number of hydrogen-bond acceptors (Lipinski definition) is 3. The third-order valence-corrected chi connectivity index (χ3v) is 6.22. The topological polar surface area (TPSA) is 70.2 Å². The van der Waals surface area contributed by atoms with Gasteiger partial charge in [0.25, 0.3) is 0 Å². The summed E-state index contributed by atoms with van der Waals surface area (Å²) < 4.78 is 0. The van der Waals surface area contributed by atoms with Gasteiger partial charge in [-0.15, -0.1) is 0 Å². The van der Waals surface area contributed by atoms with Gasteiger partial charge in [0.15, 0.2) is 0 Å². The highest BCUT2D eigenvalue weighted by molar-refractivity contribution is 5.90. The summed E-state index contributed by atoms with van der Waals surface area (Å²) in [6.45, 7) is 7.38. The summed E-state index contributed by atoms with van der Waals surface area (Å²) in [5, 5.41) is 9.07. The lowest BCUT2D eigenvalue weighted by Gasteiger charge is -2.11. The second kappa shape index (κ2) is 18.7. The number of hydrogen-bond donors (Lipinski definition) is 3. The molecule has 30 heavy (non-hydrogen) atoms. The Labute approximate surface area is 185 Å². The number of amides is 2. The lowest BCUT2D eigenvalue weighted by molar-refractivity contribution is -0.125. The van der Waals surface area contributed by atoms with Gasteiger partial charge in [-0.25, -0.2) is 0 Å². The zero-order valence-corrected chi connectivity index (χ0v) is 19.9. The molecule has 1 aliphatic rings. The van der Waals surface area contributed by atoms with Crippen LogP contribution in [0.2, 0.25) is 0 Å². The van der Waals surface area contributed by atoms with Crippen LogP contribution in [0.15, 0.2) is 0 Å². The van der Waals surface area contributed by atoms with E-state index in [1.165, 1.54) is 83.5 Å². The molecule has 5 heteroatoms. The van der Waals surface area contributed by atoms with Crippen molar-refractivity contribution < 1.29 is 9.59 Å². The quantitative estimate of drug-likeness (QED) is 0.239. The van der Waals surface area contributed by atoms with Crippen molar-refractivity contribution in [3.63, 3.8) is 0 Å².